The quantitative estimate of drug-likeness (QED) is 0.836. The number of aromatic nitrogens is 2. The van der Waals surface area contributed by atoms with Crippen molar-refractivity contribution in [1.82, 2.24) is 9.97 Å². The summed E-state index contributed by atoms with van der Waals surface area (Å²) in [5.74, 6) is 0.830. The summed E-state index contributed by atoms with van der Waals surface area (Å²) in [4.78, 5) is 8.78. The van der Waals surface area contributed by atoms with Crippen molar-refractivity contribution in [3.8, 4) is 0 Å². The Bertz CT molecular complexity index is 605. The lowest BCUT2D eigenvalue weighted by molar-refractivity contribution is 0.789. The normalized spacial score (nSPS) is 16.2. The predicted octanol–water partition coefficient (Wildman–Crippen LogP) is 2.94. The summed E-state index contributed by atoms with van der Waals surface area (Å²) in [5.41, 5.74) is 7.35. The maximum atomic E-state index is 4.51. The molecule has 96 valence electrons. The third-order valence-electron chi connectivity index (χ3n) is 3.22. The van der Waals surface area contributed by atoms with Gasteiger partial charge in [0.2, 0.25) is 0 Å². The van der Waals surface area contributed by atoms with Crippen LogP contribution in [0.2, 0.25) is 0 Å². The van der Waals surface area contributed by atoms with Gasteiger partial charge in [0, 0.05) is 11.8 Å². The van der Waals surface area contributed by atoms with E-state index in [0.717, 1.165) is 47.7 Å². The van der Waals surface area contributed by atoms with Gasteiger partial charge in [0.15, 0.2) is 0 Å². The minimum Gasteiger partial charge on any atom is -0.278 e. The van der Waals surface area contributed by atoms with Crippen molar-refractivity contribution < 1.29 is 0 Å². The Labute approximate surface area is 112 Å². The number of benzene rings is 1. The van der Waals surface area contributed by atoms with Gasteiger partial charge in [-0.05, 0) is 38.3 Å². The van der Waals surface area contributed by atoms with Gasteiger partial charge in [-0.25, -0.2) is 9.97 Å². The first kappa shape index (κ1) is 11.8. The Hall–Kier alpha value is -2.23. The molecule has 0 saturated heterocycles. The van der Waals surface area contributed by atoms with E-state index in [0.29, 0.717) is 0 Å². The number of aryl methyl sites for hydroxylation is 2. The molecule has 0 radical (unpaired) electrons. The minimum atomic E-state index is 0.830. The fourth-order valence-electron chi connectivity index (χ4n) is 2.27. The van der Waals surface area contributed by atoms with Crippen LogP contribution in [0.25, 0.3) is 0 Å². The number of para-hydroxylation sites is 1. The van der Waals surface area contributed by atoms with Crippen LogP contribution in [0.15, 0.2) is 41.6 Å². The van der Waals surface area contributed by atoms with Crippen LogP contribution in [0.5, 0.6) is 0 Å². The number of nitrogens with one attached hydrogen (secondary N) is 1. The second-order valence-corrected chi connectivity index (χ2v) is 4.67. The highest BCUT2D eigenvalue weighted by atomic mass is 15.3. The Kier molecular flexibility index (Phi) is 3.23. The van der Waals surface area contributed by atoms with E-state index in [9.17, 15) is 0 Å². The van der Waals surface area contributed by atoms with Crippen molar-refractivity contribution >= 4 is 11.4 Å². The van der Waals surface area contributed by atoms with Gasteiger partial charge in [-0.3, -0.25) is 5.43 Å². The van der Waals surface area contributed by atoms with Crippen molar-refractivity contribution in [3.63, 3.8) is 0 Å². The Morgan fingerprint density at radius 2 is 2.00 bits per heavy atom. The number of fused-ring (bicyclic) bond motifs is 1. The smallest absolute Gasteiger partial charge is 0.125 e. The molecule has 0 saturated carbocycles. The van der Waals surface area contributed by atoms with Crippen molar-refractivity contribution in [2.75, 3.05) is 5.43 Å². The summed E-state index contributed by atoms with van der Waals surface area (Å²) in [6.45, 7) is 1.92. The van der Waals surface area contributed by atoms with E-state index in [-0.39, 0.29) is 0 Å². The molecular weight excluding hydrogens is 236 g/mol. The van der Waals surface area contributed by atoms with Crippen LogP contribution in [0.4, 0.5) is 5.69 Å². The first-order chi connectivity index (χ1) is 9.33. The van der Waals surface area contributed by atoms with Gasteiger partial charge in [0.1, 0.15) is 5.82 Å². The number of hydrogen-bond donors (Lipinski definition) is 1. The summed E-state index contributed by atoms with van der Waals surface area (Å²) >= 11 is 0. The number of anilines is 1. The van der Waals surface area contributed by atoms with E-state index < -0.39 is 0 Å². The average molecular weight is 252 g/mol. The molecule has 1 aromatic heterocycles. The average Bonchev–Trinajstić information content (AvgIpc) is 2.45. The molecule has 1 aliphatic carbocycles. The van der Waals surface area contributed by atoms with Crippen LogP contribution in [-0.4, -0.2) is 15.7 Å². The van der Waals surface area contributed by atoms with Crippen molar-refractivity contribution in [3.05, 3.63) is 53.6 Å². The highest BCUT2D eigenvalue weighted by molar-refractivity contribution is 6.02. The summed E-state index contributed by atoms with van der Waals surface area (Å²) in [7, 11) is 0. The van der Waals surface area contributed by atoms with Gasteiger partial charge < -0.3 is 0 Å². The largest absolute Gasteiger partial charge is 0.278 e. The molecule has 0 fully saturated rings. The van der Waals surface area contributed by atoms with Crippen molar-refractivity contribution in [2.24, 2.45) is 5.10 Å². The molecule has 0 spiro atoms. The van der Waals surface area contributed by atoms with Crippen LogP contribution in [-0.2, 0) is 6.42 Å². The van der Waals surface area contributed by atoms with Gasteiger partial charge in [-0.2, -0.15) is 5.10 Å². The zero-order valence-electron chi connectivity index (χ0n) is 10.9. The molecule has 1 heterocycles. The fourth-order valence-corrected chi connectivity index (χ4v) is 2.27. The predicted molar refractivity (Wildman–Crippen MR) is 76.3 cm³/mol. The van der Waals surface area contributed by atoms with Crippen LogP contribution >= 0.6 is 0 Å². The lowest BCUT2D eigenvalue weighted by Gasteiger charge is -2.16. The monoisotopic (exact) mass is 252 g/mol. The third-order valence-corrected chi connectivity index (χ3v) is 3.22. The summed E-state index contributed by atoms with van der Waals surface area (Å²) in [6, 6.07) is 9.97. The van der Waals surface area contributed by atoms with Gasteiger partial charge in [-0.1, -0.05) is 18.2 Å². The van der Waals surface area contributed by atoms with Gasteiger partial charge in [0.05, 0.1) is 17.1 Å². The molecule has 4 heteroatoms. The third kappa shape index (κ3) is 2.62. The van der Waals surface area contributed by atoms with E-state index in [1.54, 1.807) is 0 Å². The van der Waals surface area contributed by atoms with Crippen LogP contribution < -0.4 is 5.43 Å². The lowest BCUT2D eigenvalue weighted by Crippen LogP contribution is -2.16. The number of nitrogens with zero attached hydrogens (tertiary/aromatic N) is 3. The fraction of sp³-hybridized carbons (Fsp3) is 0.267. The van der Waals surface area contributed by atoms with Gasteiger partial charge in [0.25, 0.3) is 0 Å². The minimum absolute atomic E-state index is 0.830. The molecule has 1 aliphatic rings. The molecule has 1 aromatic carbocycles. The molecule has 3 rings (SSSR count). The summed E-state index contributed by atoms with van der Waals surface area (Å²) < 4.78 is 0. The molecule has 1 N–H and O–H groups in total. The molecule has 4 nitrogen and oxygen atoms in total. The first-order valence-corrected chi connectivity index (χ1v) is 6.53. The van der Waals surface area contributed by atoms with Crippen LogP contribution in [0.1, 0.15) is 29.9 Å². The van der Waals surface area contributed by atoms with E-state index in [4.69, 9.17) is 0 Å². The highest BCUT2D eigenvalue weighted by Gasteiger charge is 2.17. The van der Waals surface area contributed by atoms with E-state index in [2.05, 4.69) is 20.5 Å². The summed E-state index contributed by atoms with van der Waals surface area (Å²) in [5, 5.41) is 4.51. The number of rotatable bonds is 2. The van der Waals surface area contributed by atoms with E-state index >= 15 is 0 Å². The molecular formula is C15H16N4. The van der Waals surface area contributed by atoms with Gasteiger partial charge in [-0.15, -0.1) is 0 Å². The Morgan fingerprint density at radius 3 is 2.84 bits per heavy atom. The Balaban J connectivity index is 1.87. The topological polar surface area (TPSA) is 50.2 Å². The molecule has 0 atom stereocenters. The first-order valence-electron chi connectivity index (χ1n) is 6.53. The zero-order valence-corrected chi connectivity index (χ0v) is 10.9. The molecule has 0 aliphatic heterocycles. The number of hydrazone groups is 1. The Morgan fingerprint density at radius 1 is 1.16 bits per heavy atom. The summed E-state index contributed by atoms with van der Waals surface area (Å²) in [6.07, 6.45) is 4.98. The highest BCUT2D eigenvalue weighted by Crippen LogP contribution is 2.20. The maximum Gasteiger partial charge on any atom is 0.125 e. The van der Waals surface area contributed by atoms with Crippen molar-refractivity contribution in [2.45, 2.75) is 26.2 Å². The standard InChI is InChI=1S/C15H16N4/c1-11-16-10-13-14(17-11)8-5-9-15(13)19-18-12-6-3-2-4-7-12/h2-4,6-7,10,18H,5,8-9H2,1H3. The second-order valence-electron chi connectivity index (χ2n) is 4.67. The molecule has 0 bridgehead atoms. The lowest BCUT2D eigenvalue weighted by atomic mass is 9.95. The van der Waals surface area contributed by atoms with E-state index in [1.165, 1.54) is 0 Å². The van der Waals surface area contributed by atoms with Crippen LogP contribution in [0.3, 0.4) is 0 Å². The van der Waals surface area contributed by atoms with E-state index in [1.807, 2.05) is 43.5 Å². The van der Waals surface area contributed by atoms with Gasteiger partial charge >= 0.3 is 0 Å². The molecule has 19 heavy (non-hydrogen) atoms. The number of hydrogen-bond acceptors (Lipinski definition) is 4. The maximum absolute atomic E-state index is 4.51. The second kappa shape index (κ2) is 5.18. The SMILES string of the molecule is Cc1ncc2c(n1)CCCC2=NNc1ccccc1. The van der Waals surface area contributed by atoms with Crippen molar-refractivity contribution in [1.29, 1.82) is 0 Å². The zero-order chi connectivity index (χ0) is 13.1. The molecule has 0 amide bonds. The molecule has 2 aromatic rings. The van der Waals surface area contributed by atoms with Crippen LogP contribution in [0, 0.1) is 6.92 Å². The molecule has 0 unspecified atom stereocenters.